The van der Waals surface area contributed by atoms with Crippen LogP contribution in [0.4, 0.5) is 0 Å². The molecule has 2 atom stereocenters. The SMILES string of the molecule is CCOC(=O)C(C)OCC(C)c1ccco1. The minimum atomic E-state index is -0.530. The molecule has 1 heterocycles. The van der Waals surface area contributed by atoms with Crippen molar-refractivity contribution in [3.8, 4) is 0 Å². The summed E-state index contributed by atoms with van der Waals surface area (Å²) in [6.07, 6.45) is 1.10. The summed E-state index contributed by atoms with van der Waals surface area (Å²) >= 11 is 0. The van der Waals surface area contributed by atoms with Crippen LogP contribution in [0.3, 0.4) is 0 Å². The van der Waals surface area contributed by atoms with E-state index in [0.29, 0.717) is 13.2 Å². The van der Waals surface area contributed by atoms with Crippen molar-refractivity contribution in [3.63, 3.8) is 0 Å². The van der Waals surface area contributed by atoms with Gasteiger partial charge in [-0.1, -0.05) is 6.92 Å². The zero-order chi connectivity index (χ0) is 12.0. The first-order valence-electron chi connectivity index (χ1n) is 5.46. The first-order valence-corrected chi connectivity index (χ1v) is 5.46. The largest absolute Gasteiger partial charge is 0.469 e. The molecular weight excluding hydrogens is 208 g/mol. The monoisotopic (exact) mass is 226 g/mol. The standard InChI is InChI=1S/C12H18O4/c1-4-14-12(13)10(3)16-8-9(2)11-6-5-7-15-11/h5-7,9-10H,4,8H2,1-3H3. The van der Waals surface area contributed by atoms with E-state index in [-0.39, 0.29) is 11.9 Å². The van der Waals surface area contributed by atoms with Gasteiger partial charge in [0.1, 0.15) is 5.76 Å². The smallest absolute Gasteiger partial charge is 0.334 e. The van der Waals surface area contributed by atoms with Crippen molar-refractivity contribution < 1.29 is 18.7 Å². The molecule has 16 heavy (non-hydrogen) atoms. The fraction of sp³-hybridized carbons (Fsp3) is 0.583. The van der Waals surface area contributed by atoms with Gasteiger partial charge in [0.2, 0.25) is 0 Å². The van der Waals surface area contributed by atoms with Crippen LogP contribution in [0.5, 0.6) is 0 Å². The number of hydrogen-bond acceptors (Lipinski definition) is 4. The van der Waals surface area contributed by atoms with Crippen molar-refractivity contribution in [2.75, 3.05) is 13.2 Å². The van der Waals surface area contributed by atoms with Crippen molar-refractivity contribution in [1.82, 2.24) is 0 Å². The van der Waals surface area contributed by atoms with Crippen LogP contribution in [-0.4, -0.2) is 25.3 Å². The van der Waals surface area contributed by atoms with E-state index in [4.69, 9.17) is 13.9 Å². The maximum Gasteiger partial charge on any atom is 0.334 e. The Bertz CT molecular complexity index is 305. The number of hydrogen-bond donors (Lipinski definition) is 0. The van der Waals surface area contributed by atoms with Gasteiger partial charge in [-0.25, -0.2) is 4.79 Å². The molecule has 0 bridgehead atoms. The lowest BCUT2D eigenvalue weighted by Gasteiger charge is -2.14. The summed E-state index contributed by atoms with van der Waals surface area (Å²) in [5, 5.41) is 0. The number of rotatable bonds is 6. The number of carbonyl (C=O) groups excluding carboxylic acids is 1. The minimum absolute atomic E-state index is 0.131. The van der Waals surface area contributed by atoms with E-state index in [9.17, 15) is 4.79 Å². The van der Waals surface area contributed by atoms with Gasteiger partial charge in [-0.15, -0.1) is 0 Å². The van der Waals surface area contributed by atoms with E-state index in [1.807, 2.05) is 19.1 Å². The molecule has 0 aliphatic heterocycles. The second-order valence-corrected chi connectivity index (χ2v) is 3.64. The third-order valence-corrected chi connectivity index (χ3v) is 2.24. The summed E-state index contributed by atoms with van der Waals surface area (Å²) in [5.41, 5.74) is 0. The lowest BCUT2D eigenvalue weighted by molar-refractivity contribution is -0.155. The van der Waals surface area contributed by atoms with Gasteiger partial charge in [-0.3, -0.25) is 0 Å². The highest BCUT2D eigenvalue weighted by Crippen LogP contribution is 2.16. The van der Waals surface area contributed by atoms with E-state index in [0.717, 1.165) is 5.76 Å². The Labute approximate surface area is 95.5 Å². The molecule has 0 aromatic carbocycles. The predicted molar refractivity (Wildman–Crippen MR) is 59.2 cm³/mol. The molecule has 0 saturated carbocycles. The molecule has 2 unspecified atom stereocenters. The molecule has 4 heteroatoms. The molecule has 1 aromatic heterocycles. The molecule has 0 saturated heterocycles. The van der Waals surface area contributed by atoms with Gasteiger partial charge in [0, 0.05) is 5.92 Å². The Kier molecular flexibility index (Phi) is 5.05. The van der Waals surface area contributed by atoms with E-state index in [1.54, 1.807) is 20.1 Å². The van der Waals surface area contributed by atoms with Gasteiger partial charge in [-0.05, 0) is 26.0 Å². The first-order chi connectivity index (χ1) is 7.65. The minimum Gasteiger partial charge on any atom is -0.469 e. The first kappa shape index (κ1) is 12.8. The van der Waals surface area contributed by atoms with Gasteiger partial charge in [0.25, 0.3) is 0 Å². The van der Waals surface area contributed by atoms with E-state index in [2.05, 4.69) is 0 Å². The second kappa shape index (κ2) is 6.33. The number of carbonyl (C=O) groups is 1. The molecule has 1 rings (SSSR count). The second-order valence-electron chi connectivity index (χ2n) is 3.64. The Morgan fingerprint density at radius 1 is 1.50 bits per heavy atom. The highest BCUT2D eigenvalue weighted by Gasteiger charge is 2.17. The Hall–Kier alpha value is -1.29. The highest BCUT2D eigenvalue weighted by atomic mass is 16.6. The van der Waals surface area contributed by atoms with Crippen LogP contribution in [0.1, 0.15) is 32.4 Å². The molecule has 0 N–H and O–H groups in total. The summed E-state index contributed by atoms with van der Waals surface area (Å²) in [6.45, 7) is 6.26. The van der Waals surface area contributed by atoms with Crippen LogP contribution < -0.4 is 0 Å². The fourth-order valence-corrected chi connectivity index (χ4v) is 1.27. The maximum atomic E-state index is 11.3. The zero-order valence-corrected chi connectivity index (χ0v) is 9.93. The van der Waals surface area contributed by atoms with Crippen molar-refractivity contribution in [3.05, 3.63) is 24.2 Å². The third kappa shape index (κ3) is 3.70. The molecule has 0 amide bonds. The maximum absolute atomic E-state index is 11.3. The highest BCUT2D eigenvalue weighted by molar-refractivity contribution is 5.74. The summed E-state index contributed by atoms with van der Waals surface area (Å²) < 4.78 is 15.5. The van der Waals surface area contributed by atoms with Crippen LogP contribution in [0.15, 0.2) is 22.8 Å². The summed E-state index contributed by atoms with van der Waals surface area (Å²) in [4.78, 5) is 11.3. The molecule has 0 aliphatic rings. The number of ether oxygens (including phenoxy) is 2. The van der Waals surface area contributed by atoms with Crippen LogP contribution in [-0.2, 0) is 14.3 Å². The lowest BCUT2D eigenvalue weighted by Crippen LogP contribution is -2.24. The molecule has 4 nitrogen and oxygen atoms in total. The number of furan rings is 1. The van der Waals surface area contributed by atoms with Gasteiger partial charge in [0.05, 0.1) is 19.5 Å². The lowest BCUT2D eigenvalue weighted by atomic mass is 10.1. The molecule has 0 aliphatic carbocycles. The van der Waals surface area contributed by atoms with Crippen molar-refractivity contribution in [1.29, 1.82) is 0 Å². The van der Waals surface area contributed by atoms with Gasteiger partial charge < -0.3 is 13.9 Å². The van der Waals surface area contributed by atoms with Gasteiger partial charge in [-0.2, -0.15) is 0 Å². The third-order valence-electron chi connectivity index (χ3n) is 2.24. The summed E-state index contributed by atoms with van der Waals surface area (Å²) in [6, 6.07) is 3.73. The molecule has 90 valence electrons. The van der Waals surface area contributed by atoms with Gasteiger partial charge >= 0.3 is 5.97 Å². The van der Waals surface area contributed by atoms with E-state index >= 15 is 0 Å². The van der Waals surface area contributed by atoms with Gasteiger partial charge in [0.15, 0.2) is 6.10 Å². The zero-order valence-electron chi connectivity index (χ0n) is 9.93. The quantitative estimate of drug-likeness (QED) is 0.698. The van der Waals surface area contributed by atoms with Crippen molar-refractivity contribution in [2.45, 2.75) is 32.8 Å². The average Bonchev–Trinajstić information content (AvgIpc) is 2.79. The Balaban J connectivity index is 2.31. The van der Waals surface area contributed by atoms with Crippen LogP contribution in [0.25, 0.3) is 0 Å². The molecule has 0 spiro atoms. The normalized spacial score (nSPS) is 14.4. The van der Waals surface area contributed by atoms with Crippen LogP contribution in [0.2, 0.25) is 0 Å². The Morgan fingerprint density at radius 2 is 2.25 bits per heavy atom. The van der Waals surface area contributed by atoms with E-state index < -0.39 is 6.10 Å². The van der Waals surface area contributed by atoms with Crippen molar-refractivity contribution >= 4 is 5.97 Å². The van der Waals surface area contributed by atoms with E-state index in [1.165, 1.54) is 0 Å². The molecular formula is C12H18O4. The molecule has 0 fully saturated rings. The topological polar surface area (TPSA) is 48.7 Å². The summed E-state index contributed by atoms with van der Waals surface area (Å²) in [5.74, 6) is 0.664. The summed E-state index contributed by atoms with van der Waals surface area (Å²) in [7, 11) is 0. The molecule has 0 radical (unpaired) electrons. The Morgan fingerprint density at radius 3 is 2.81 bits per heavy atom. The predicted octanol–water partition coefficient (Wildman–Crippen LogP) is 2.35. The van der Waals surface area contributed by atoms with Crippen LogP contribution in [0, 0.1) is 0 Å². The molecule has 1 aromatic rings. The van der Waals surface area contributed by atoms with Crippen molar-refractivity contribution in [2.24, 2.45) is 0 Å². The average molecular weight is 226 g/mol. The fourth-order valence-electron chi connectivity index (χ4n) is 1.27. The van der Waals surface area contributed by atoms with Crippen LogP contribution >= 0.6 is 0 Å². The number of esters is 1.